The second-order valence-electron chi connectivity index (χ2n) is 19.6. The Bertz CT molecular complexity index is 3260. The Labute approximate surface area is 418 Å². The number of imidazole rings is 1. The van der Waals surface area contributed by atoms with Crippen LogP contribution in [-0.4, -0.2) is 27.8 Å². The molecule has 0 spiro atoms. The number of fused-ring (bicyclic) bond motifs is 4. The van der Waals surface area contributed by atoms with Crippen LogP contribution >= 0.6 is 11.3 Å². The first-order chi connectivity index (χ1) is 31.9. The van der Waals surface area contributed by atoms with Crippen LogP contribution in [0.3, 0.4) is 0 Å². The Hall–Kier alpha value is -5.43. The maximum absolute atomic E-state index is 5.36. The van der Waals surface area contributed by atoms with Crippen LogP contribution in [0.2, 0.25) is 17.3 Å². The summed E-state index contributed by atoms with van der Waals surface area (Å²) < 4.78 is 6.47. The zero-order valence-electron chi connectivity index (χ0n) is 40.1. The molecule has 10 rings (SSSR count). The van der Waals surface area contributed by atoms with E-state index in [0.717, 1.165) is 40.1 Å². The van der Waals surface area contributed by atoms with Gasteiger partial charge in [-0.2, -0.15) is 11.3 Å². The zero-order chi connectivity index (χ0) is 46.1. The van der Waals surface area contributed by atoms with Crippen molar-refractivity contribution < 1.29 is 20.1 Å². The van der Waals surface area contributed by atoms with E-state index in [1.54, 1.807) is 4.40 Å². The Morgan fingerprint density at radius 1 is 0.612 bits per heavy atom. The minimum absolute atomic E-state index is 0. The molecule has 3 heterocycles. The molecule has 67 heavy (non-hydrogen) atoms. The molecular formula is C61H59GeIrN3S-2. The van der Waals surface area contributed by atoms with Gasteiger partial charge in [0.2, 0.25) is 0 Å². The third kappa shape index (κ3) is 10.1. The Morgan fingerprint density at radius 2 is 1.25 bits per heavy atom. The van der Waals surface area contributed by atoms with Crippen molar-refractivity contribution in [2.45, 2.75) is 77.1 Å². The topological polar surface area (TPSA) is 30.7 Å². The molecule has 1 radical (unpaired) electrons. The van der Waals surface area contributed by atoms with Crippen molar-refractivity contribution >= 4 is 60.2 Å². The smallest absolute Gasteiger partial charge is 0.0774 e. The van der Waals surface area contributed by atoms with E-state index < -0.39 is 13.3 Å². The van der Waals surface area contributed by atoms with Crippen molar-refractivity contribution in [2.24, 2.45) is 5.92 Å². The van der Waals surface area contributed by atoms with Crippen molar-refractivity contribution in [2.75, 3.05) is 0 Å². The van der Waals surface area contributed by atoms with E-state index in [9.17, 15) is 0 Å². The van der Waals surface area contributed by atoms with Crippen LogP contribution in [-0.2, 0) is 26.5 Å². The normalized spacial score (nSPS) is 11.7. The van der Waals surface area contributed by atoms with Crippen LogP contribution in [0.4, 0.5) is 0 Å². The average molecular weight is 1130 g/mol. The van der Waals surface area contributed by atoms with Gasteiger partial charge in [0.05, 0.1) is 16.9 Å². The fourth-order valence-electron chi connectivity index (χ4n) is 9.23. The van der Waals surface area contributed by atoms with Crippen molar-refractivity contribution in [3.05, 3.63) is 193 Å². The number of hydrogen-bond donors (Lipinski definition) is 0. The standard InChI is InChI=1S/C43H35N2S.C18H24GeN.Ir/c1-27(2)36-24-32(30-16-9-6-10-17-30)25-37(28(3)4)41(36)45-39-21-12-11-20-38(39)44-43(45)35-19-13-18-34-33-23-22-31(26-40(33)46-42(34)35)29-14-7-5-8-15-29;1-14(2)11-16-12-18(15-9-7-6-8-10-15)20-13-17(16)19(3,4)5;/h5-18,20-28H,1-4H3;6-9,12-14H,11H2,1-5H3;/q2*-1;. The van der Waals surface area contributed by atoms with E-state index in [0.29, 0.717) is 17.8 Å². The van der Waals surface area contributed by atoms with Gasteiger partial charge in [-0.1, -0.05) is 124 Å². The first-order valence-corrected chi connectivity index (χ1v) is 31.6. The molecule has 0 saturated heterocycles. The van der Waals surface area contributed by atoms with Gasteiger partial charge in [-0.15, -0.1) is 18.2 Å². The molecular weight excluding hydrogens is 1070 g/mol. The number of thiophene rings is 1. The quantitative estimate of drug-likeness (QED) is 0.101. The van der Waals surface area contributed by atoms with Crippen LogP contribution in [0.5, 0.6) is 0 Å². The summed E-state index contributed by atoms with van der Waals surface area (Å²) in [6.45, 7) is 13.8. The van der Waals surface area contributed by atoms with Gasteiger partial charge in [-0.25, -0.2) is 0 Å². The fourth-order valence-corrected chi connectivity index (χ4v) is 13.8. The fraction of sp³-hybridized carbons (Fsp3) is 0.213. The molecule has 0 unspecified atom stereocenters. The third-order valence-corrected chi connectivity index (χ3v) is 18.0. The number of benzene rings is 7. The second kappa shape index (κ2) is 20.4. The number of pyridine rings is 1. The van der Waals surface area contributed by atoms with E-state index in [1.807, 2.05) is 29.5 Å². The largest absolute Gasteiger partial charge is 0.333 e. The maximum Gasteiger partial charge on any atom is 0.0774 e. The van der Waals surface area contributed by atoms with Crippen molar-refractivity contribution in [3.8, 4) is 50.6 Å². The molecule has 3 nitrogen and oxygen atoms in total. The number of para-hydroxylation sites is 2. The number of aromatic nitrogens is 3. The molecule has 3 aromatic heterocycles. The summed E-state index contributed by atoms with van der Waals surface area (Å²) >= 11 is -0.0161. The van der Waals surface area contributed by atoms with Crippen molar-refractivity contribution in [1.29, 1.82) is 0 Å². The van der Waals surface area contributed by atoms with Crippen molar-refractivity contribution in [3.63, 3.8) is 0 Å². The number of nitrogens with zero attached hydrogens (tertiary/aromatic N) is 3. The van der Waals surface area contributed by atoms with E-state index in [2.05, 4.69) is 221 Å². The van der Waals surface area contributed by atoms with Crippen LogP contribution in [0.15, 0.2) is 164 Å². The molecule has 0 aliphatic heterocycles. The summed E-state index contributed by atoms with van der Waals surface area (Å²) in [4.78, 5) is 10.1. The molecule has 0 fully saturated rings. The van der Waals surface area contributed by atoms with E-state index in [4.69, 9.17) is 9.97 Å². The Balaban J connectivity index is 0.000000244. The van der Waals surface area contributed by atoms with Gasteiger partial charge >= 0.3 is 126 Å². The zero-order valence-corrected chi connectivity index (χ0v) is 45.4. The molecule has 0 N–H and O–H groups in total. The summed E-state index contributed by atoms with van der Waals surface area (Å²) in [5.74, 6) is 9.56. The summed E-state index contributed by atoms with van der Waals surface area (Å²) in [6.07, 6.45) is 3.27. The summed E-state index contributed by atoms with van der Waals surface area (Å²) in [6, 6.07) is 63.2. The first-order valence-electron chi connectivity index (χ1n) is 23.5. The van der Waals surface area contributed by atoms with Crippen LogP contribution < -0.4 is 4.40 Å². The summed E-state index contributed by atoms with van der Waals surface area (Å²) in [7, 11) is 0. The van der Waals surface area contributed by atoms with Gasteiger partial charge < -0.3 is 4.57 Å². The summed E-state index contributed by atoms with van der Waals surface area (Å²) in [5, 5.41) is 2.52. The minimum atomic E-state index is -1.86. The monoisotopic (exact) mass is 1130 g/mol. The molecule has 0 aliphatic rings. The number of hydrogen-bond acceptors (Lipinski definition) is 3. The van der Waals surface area contributed by atoms with Gasteiger partial charge in [0.25, 0.3) is 0 Å². The van der Waals surface area contributed by atoms with Gasteiger partial charge in [-0.05, 0) is 85.6 Å². The average Bonchev–Trinajstić information content (AvgIpc) is 3.90. The molecule has 0 bridgehead atoms. The molecule has 0 saturated carbocycles. The predicted molar refractivity (Wildman–Crippen MR) is 287 cm³/mol. The van der Waals surface area contributed by atoms with E-state index in [-0.39, 0.29) is 20.1 Å². The van der Waals surface area contributed by atoms with Gasteiger partial charge in [0, 0.05) is 30.5 Å². The third-order valence-electron chi connectivity index (χ3n) is 12.5. The van der Waals surface area contributed by atoms with E-state index >= 15 is 0 Å². The van der Waals surface area contributed by atoms with Crippen LogP contribution in [0.1, 0.15) is 70.1 Å². The van der Waals surface area contributed by atoms with E-state index in [1.165, 1.54) is 64.8 Å². The van der Waals surface area contributed by atoms with Crippen molar-refractivity contribution in [1.82, 2.24) is 14.5 Å². The Kier molecular flexibility index (Phi) is 14.7. The molecule has 6 heteroatoms. The van der Waals surface area contributed by atoms with Crippen LogP contribution in [0, 0.1) is 18.1 Å². The first kappa shape index (κ1) is 48.0. The van der Waals surface area contributed by atoms with Gasteiger partial charge in [-0.3, -0.25) is 4.98 Å². The molecule has 339 valence electrons. The molecule has 10 aromatic rings. The second-order valence-corrected chi connectivity index (χ2v) is 31.2. The maximum atomic E-state index is 5.36. The molecule has 7 aromatic carbocycles. The SMILES string of the molecule is CC(C)Cc1cc(-c2[c-]cccc2)nc[c]1[Ge]([CH3])([CH3])[CH3].CC(C)c1cc(-c2ccccc2)cc(C(C)C)c1-n1c(-c2[c-]ccc3c2sc2cc(-c4ccccc4)ccc23)nc2ccccc21.[Ir]. The minimum Gasteiger partial charge on any atom is -0.333 e. The van der Waals surface area contributed by atoms with Crippen LogP contribution in [0.25, 0.3) is 81.8 Å². The molecule has 0 aliphatic carbocycles. The number of rotatable bonds is 10. The predicted octanol–water partition coefficient (Wildman–Crippen LogP) is 16.7. The Morgan fingerprint density at radius 3 is 1.88 bits per heavy atom. The molecule has 0 atom stereocenters. The molecule has 0 amide bonds. The van der Waals surface area contributed by atoms with Gasteiger partial charge in [0.15, 0.2) is 0 Å². The summed E-state index contributed by atoms with van der Waals surface area (Å²) in [5.41, 5.74) is 15.7. The van der Waals surface area contributed by atoms with Gasteiger partial charge in [0.1, 0.15) is 0 Å².